The lowest BCUT2D eigenvalue weighted by Crippen LogP contribution is -2.49. The molecule has 0 radical (unpaired) electrons. The molecule has 2 aliphatic heterocycles. The van der Waals surface area contributed by atoms with E-state index < -0.39 is 6.09 Å². The second-order valence-corrected chi connectivity index (χ2v) is 6.19. The van der Waals surface area contributed by atoms with Crippen molar-refractivity contribution in [1.29, 1.82) is 0 Å². The summed E-state index contributed by atoms with van der Waals surface area (Å²) in [6, 6.07) is 7.38. The molecule has 2 aliphatic rings. The van der Waals surface area contributed by atoms with Crippen molar-refractivity contribution in [3.05, 3.63) is 34.9 Å². The molecule has 23 heavy (non-hydrogen) atoms. The number of likely N-dealkylation sites (tertiary alicyclic amines) is 1. The Hall–Kier alpha value is -2.19. The Morgan fingerprint density at radius 1 is 1.43 bits per heavy atom. The normalized spacial score (nSPS) is 20.1. The lowest BCUT2D eigenvalue weighted by Gasteiger charge is -2.36. The van der Waals surface area contributed by atoms with E-state index in [1.54, 1.807) is 4.90 Å². The number of nitrogens with one attached hydrogen (secondary N) is 1. The van der Waals surface area contributed by atoms with Crippen molar-refractivity contribution in [2.45, 2.75) is 18.9 Å². The minimum absolute atomic E-state index is 0.0499. The highest BCUT2D eigenvalue weighted by Gasteiger charge is 2.30. The summed E-state index contributed by atoms with van der Waals surface area (Å²) >= 11 is 5.91. The number of nitrogens with zero attached hydrogens (tertiary/aromatic N) is 1. The van der Waals surface area contributed by atoms with Crippen LogP contribution >= 0.6 is 11.6 Å². The second kappa shape index (κ2) is 6.93. The molecule has 2 saturated heterocycles. The first kappa shape index (κ1) is 15.7. The first-order valence-corrected chi connectivity index (χ1v) is 7.96. The topological polar surface area (TPSA) is 58.6 Å². The van der Waals surface area contributed by atoms with Gasteiger partial charge in [-0.3, -0.25) is 4.79 Å². The molecule has 0 aromatic heterocycles. The van der Waals surface area contributed by atoms with Gasteiger partial charge < -0.3 is 15.0 Å². The maximum absolute atomic E-state index is 12.0. The van der Waals surface area contributed by atoms with Crippen molar-refractivity contribution in [2.75, 3.05) is 19.7 Å². The van der Waals surface area contributed by atoms with Gasteiger partial charge in [-0.25, -0.2) is 4.79 Å². The summed E-state index contributed by atoms with van der Waals surface area (Å²) < 4.78 is 4.80. The van der Waals surface area contributed by atoms with Crippen LogP contribution in [0.1, 0.15) is 18.4 Å². The Balaban J connectivity index is 1.40. The molecule has 2 fully saturated rings. The van der Waals surface area contributed by atoms with Crippen LogP contribution in [0.5, 0.6) is 0 Å². The molecule has 120 valence electrons. The van der Waals surface area contributed by atoms with Crippen molar-refractivity contribution in [1.82, 2.24) is 10.2 Å². The molecular formula is C17H17ClN2O3. The molecular weight excluding hydrogens is 316 g/mol. The molecule has 2 amide bonds. The number of alkyl carbamates (subject to hydrolysis) is 1. The number of halogens is 1. The third kappa shape index (κ3) is 4.17. The van der Waals surface area contributed by atoms with E-state index >= 15 is 0 Å². The molecule has 0 aliphatic carbocycles. The van der Waals surface area contributed by atoms with Gasteiger partial charge in [-0.1, -0.05) is 29.5 Å². The molecule has 1 aromatic rings. The standard InChI is InChI=1S/C17H17ClN2O3/c18-14-3-1-2-12(8-14)4-5-13-9-20(10-13)16(21)7-6-15-11-23-17(22)19-15/h1-3,8,13,15H,6-7,9-11H2,(H,19,22)/t15-/m1/s1. The summed E-state index contributed by atoms with van der Waals surface area (Å²) in [6.07, 6.45) is 0.630. The first-order valence-electron chi connectivity index (χ1n) is 7.58. The molecule has 2 heterocycles. The zero-order chi connectivity index (χ0) is 16.2. The maximum atomic E-state index is 12.0. The summed E-state index contributed by atoms with van der Waals surface area (Å²) in [5.74, 6) is 6.58. The zero-order valence-corrected chi connectivity index (χ0v) is 13.3. The van der Waals surface area contributed by atoms with E-state index in [-0.39, 0.29) is 17.9 Å². The van der Waals surface area contributed by atoms with E-state index in [1.807, 2.05) is 24.3 Å². The van der Waals surface area contributed by atoms with Gasteiger partial charge in [0.15, 0.2) is 0 Å². The number of carbonyl (C=O) groups is 2. The minimum Gasteiger partial charge on any atom is -0.447 e. The number of amides is 2. The number of hydrogen-bond acceptors (Lipinski definition) is 3. The van der Waals surface area contributed by atoms with Gasteiger partial charge in [-0.15, -0.1) is 0 Å². The highest BCUT2D eigenvalue weighted by atomic mass is 35.5. The van der Waals surface area contributed by atoms with Gasteiger partial charge in [0.05, 0.1) is 12.0 Å². The van der Waals surface area contributed by atoms with E-state index in [0.717, 1.165) is 5.56 Å². The van der Waals surface area contributed by atoms with Crippen LogP contribution in [0.4, 0.5) is 4.79 Å². The molecule has 0 saturated carbocycles. The first-order chi connectivity index (χ1) is 11.1. The van der Waals surface area contributed by atoms with Gasteiger partial charge in [0.2, 0.25) is 5.91 Å². The molecule has 1 N–H and O–H groups in total. The molecule has 6 heteroatoms. The summed E-state index contributed by atoms with van der Waals surface area (Å²) in [7, 11) is 0. The molecule has 0 unspecified atom stereocenters. The molecule has 5 nitrogen and oxygen atoms in total. The minimum atomic E-state index is -0.400. The average Bonchev–Trinajstić information content (AvgIpc) is 2.89. The summed E-state index contributed by atoms with van der Waals surface area (Å²) in [4.78, 5) is 24.7. The molecule has 1 aromatic carbocycles. The number of carbonyl (C=O) groups excluding carboxylic acids is 2. The predicted molar refractivity (Wildman–Crippen MR) is 85.9 cm³/mol. The van der Waals surface area contributed by atoms with E-state index in [9.17, 15) is 9.59 Å². The number of cyclic esters (lactones) is 1. The highest BCUT2D eigenvalue weighted by molar-refractivity contribution is 6.30. The maximum Gasteiger partial charge on any atom is 0.407 e. The van der Waals surface area contributed by atoms with Crippen molar-refractivity contribution >= 4 is 23.6 Å². The molecule has 1 atom stereocenters. The Kier molecular flexibility index (Phi) is 4.73. The van der Waals surface area contributed by atoms with Crippen LogP contribution < -0.4 is 5.32 Å². The Bertz CT molecular complexity index is 674. The Morgan fingerprint density at radius 2 is 2.26 bits per heavy atom. The largest absolute Gasteiger partial charge is 0.447 e. The van der Waals surface area contributed by atoms with Crippen LogP contribution in [0.25, 0.3) is 0 Å². The van der Waals surface area contributed by atoms with E-state index in [4.69, 9.17) is 16.3 Å². The van der Waals surface area contributed by atoms with Gasteiger partial charge in [0, 0.05) is 30.1 Å². The van der Waals surface area contributed by atoms with Gasteiger partial charge >= 0.3 is 6.09 Å². The lowest BCUT2D eigenvalue weighted by atomic mass is 9.99. The summed E-state index contributed by atoms with van der Waals surface area (Å²) in [6.45, 7) is 1.68. The third-order valence-corrected chi connectivity index (χ3v) is 4.16. The number of hydrogen-bond donors (Lipinski definition) is 1. The fourth-order valence-electron chi connectivity index (χ4n) is 2.56. The van der Waals surface area contributed by atoms with Crippen LogP contribution in [0.15, 0.2) is 24.3 Å². The Labute approximate surface area is 139 Å². The fraction of sp³-hybridized carbons (Fsp3) is 0.412. The number of ether oxygens (including phenoxy) is 1. The van der Waals surface area contributed by atoms with Crippen LogP contribution in [0.2, 0.25) is 5.02 Å². The SMILES string of the molecule is O=C1N[C@H](CCC(=O)N2CC(C#Cc3cccc(Cl)c3)C2)CO1. The molecule has 0 spiro atoms. The van der Waals surface area contributed by atoms with Crippen molar-refractivity contribution < 1.29 is 14.3 Å². The van der Waals surface area contributed by atoms with Crippen LogP contribution in [0, 0.1) is 17.8 Å². The van der Waals surface area contributed by atoms with Crippen LogP contribution in [-0.4, -0.2) is 42.6 Å². The van der Waals surface area contributed by atoms with E-state index in [1.165, 1.54) is 0 Å². The number of rotatable bonds is 3. The predicted octanol–water partition coefficient (Wildman–Crippen LogP) is 2.04. The highest BCUT2D eigenvalue weighted by Crippen LogP contribution is 2.18. The smallest absolute Gasteiger partial charge is 0.407 e. The Morgan fingerprint density at radius 3 is 2.96 bits per heavy atom. The lowest BCUT2D eigenvalue weighted by molar-refractivity contribution is -0.136. The molecule has 0 bridgehead atoms. The van der Waals surface area contributed by atoms with Gasteiger partial charge in [-0.2, -0.15) is 0 Å². The third-order valence-electron chi connectivity index (χ3n) is 3.92. The zero-order valence-electron chi connectivity index (χ0n) is 12.5. The van der Waals surface area contributed by atoms with Gasteiger partial charge in [0.25, 0.3) is 0 Å². The summed E-state index contributed by atoms with van der Waals surface area (Å²) in [5, 5.41) is 3.34. The van der Waals surface area contributed by atoms with Crippen molar-refractivity contribution in [2.24, 2.45) is 5.92 Å². The van der Waals surface area contributed by atoms with Gasteiger partial charge in [0.1, 0.15) is 6.61 Å². The second-order valence-electron chi connectivity index (χ2n) is 5.75. The van der Waals surface area contributed by atoms with E-state index in [2.05, 4.69) is 17.2 Å². The van der Waals surface area contributed by atoms with Crippen molar-refractivity contribution in [3.8, 4) is 11.8 Å². The average molecular weight is 333 g/mol. The van der Waals surface area contributed by atoms with Gasteiger partial charge in [-0.05, 0) is 24.6 Å². The fourth-order valence-corrected chi connectivity index (χ4v) is 2.75. The van der Waals surface area contributed by atoms with E-state index in [0.29, 0.717) is 37.6 Å². The summed E-state index contributed by atoms with van der Waals surface area (Å²) in [5.41, 5.74) is 0.888. The van der Waals surface area contributed by atoms with Crippen LogP contribution in [-0.2, 0) is 9.53 Å². The van der Waals surface area contributed by atoms with Crippen molar-refractivity contribution in [3.63, 3.8) is 0 Å². The monoisotopic (exact) mass is 332 g/mol. The molecule has 3 rings (SSSR count). The number of benzene rings is 1. The quantitative estimate of drug-likeness (QED) is 0.862. The van der Waals surface area contributed by atoms with Crippen LogP contribution in [0.3, 0.4) is 0 Å².